The molecule has 2 N–H and O–H groups in total. The molecule has 2 aromatic carbocycles. The van der Waals surface area contributed by atoms with Crippen molar-refractivity contribution in [3.63, 3.8) is 0 Å². The Balaban J connectivity index is 1.42. The smallest absolute Gasteiger partial charge is 0.248 e. The van der Waals surface area contributed by atoms with Gasteiger partial charge in [-0.25, -0.2) is 9.67 Å². The summed E-state index contributed by atoms with van der Waals surface area (Å²) in [5, 5.41) is 18.3. The van der Waals surface area contributed by atoms with E-state index in [0.717, 1.165) is 33.3 Å². The number of aliphatic hydroxyl groups excluding tert-OH is 1. The highest BCUT2D eigenvalue weighted by Crippen LogP contribution is 2.24. The first-order chi connectivity index (χ1) is 17.0. The normalized spacial score (nSPS) is 11.4. The van der Waals surface area contributed by atoms with Crippen molar-refractivity contribution in [2.75, 3.05) is 19.8 Å². The number of rotatable bonds is 8. The van der Waals surface area contributed by atoms with Gasteiger partial charge in [0.2, 0.25) is 5.56 Å². The van der Waals surface area contributed by atoms with E-state index in [0.29, 0.717) is 23.3 Å². The fourth-order valence-electron chi connectivity index (χ4n) is 4.04. The van der Waals surface area contributed by atoms with Crippen molar-refractivity contribution in [3.8, 4) is 11.3 Å². The Morgan fingerprint density at radius 2 is 1.97 bits per heavy atom. The fraction of sp³-hybridized carbons (Fsp3) is 0.192. The minimum atomic E-state index is -0.132. The molecule has 0 fully saturated rings. The van der Waals surface area contributed by atoms with Gasteiger partial charge in [-0.15, -0.1) is 5.10 Å². The lowest BCUT2D eigenvalue weighted by atomic mass is 10.0. The van der Waals surface area contributed by atoms with Crippen LogP contribution in [0.5, 0.6) is 0 Å². The summed E-state index contributed by atoms with van der Waals surface area (Å²) >= 11 is 0. The molecule has 5 aromatic rings. The van der Waals surface area contributed by atoms with Gasteiger partial charge in [0.1, 0.15) is 12.1 Å². The maximum atomic E-state index is 12.4. The molecule has 0 bridgehead atoms. The van der Waals surface area contributed by atoms with Gasteiger partial charge in [-0.05, 0) is 59.8 Å². The van der Waals surface area contributed by atoms with E-state index in [1.807, 2.05) is 49.4 Å². The molecule has 0 unspecified atom stereocenters. The third-order valence-electron chi connectivity index (χ3n) is 5.77. The molecule has 0 aliphatic heterocycles. The molecule has 0 saturated heterocycles. The summed E-state index contributed by atoms with van der Waals surface area (Å²) in [6.45, 7) is 2.29. The van der Waals surface area contributed by atoms with E-state index in [1.165, 1.54) is 6.07 Å². The zero-order valence-corrected chi connectivity index (χ0v) is 19.1. The average Bonchev–Trinajstić information content (AvgIpc) is 3.26. The Bertz CT molecular complexity index is 1610. The first-order valence-corrected chi connectivity index (χ1v) is 11.2. The summed E-state index contributed by atoms with van der Waals surface area (Å²) in [6.07, 6.45) is 0. The first-order valence-electron chi connectivity index (χ1n) is 11.2. The lowest BCUT2D eigenvalue weighted by Crippen LogP contribution is -2.12. The lowest BCUT2D eigenvalue weighted by Gasteiger charge is -2.09. The van der Waals surface area contributed by atoms with Crippen LogP contribution >= 0.6 is 0 Å². The van der Waals surface area contributed by atoms with Gasteiger partial charge in [0.25, 0.3) is 0 Å². The number of aliphatic hydroxyl groups is 1. The van der Waals surface area contributed by atoms with E-state index in [1.54, 1.807) is 16.8 Å². The third-order valence-corrected chi connectivity index (χ3v) is 5.77. The van der Waals surface area contributed by atoms with Gasteiger partial charge in [-0.1, -0.05) is 23.4 Å². The predicted octanol–water partition coefficient (Wildman–Crippen LogP) is 2.88. The number of nitrogens with zero attached hydrogens (tertiary/aromatic N) is 4. The second-order valence-electron chi connectivity index (χ2n) is 8.26. The lowest BCUT2D eigenvalue weighted by molar-refractivity contribution is 0.0663. The number of hydrogen-bond acceptors (Lipinski definition) is 7. The number of benzene rings is 2. The second kappa shape index (κ2) is 9.57. The van der Waals surface area contributed by atoms with Crippen molar-refractivity contribution < 1.29 is 14.6 Å². The van der Waals surface area contributed by atoms with Crippen LogP contribution in [0.25, 0.3) is 33.3 Å². The molecule has 0 atom stereocenters. The van der Waals surface area contributed by atoms with E-state index in [4.69, 9.17) is 14.8 Å². The number of ketones is 1. The molecule has 0 amide bonds. The van der Waals surface area contributed by atoms with Gasteiger partial charge < -0.3 is 14.8 Å². The summed E-state index contributed by atoms with van der Waals surface area (Å²) < 4.78 is 6.90. The van der Waals surface area contributed by atoms with Gasteiger partial charge in [0, 0.05) is 22.7 Å². The van der Waals surface area contributed by atoms with Crippen LogP contribution in [0.2, 0.25) is 0 Å². The standard InChI is InChI=1S/C26H23N5O4/c1-16-12-18(3-5-20(16)24(33)15-35-11-10-32)22-7-8-23-26(28-22)31(30-29-23)14-17-2-6-21-19(13-17)4-9-25(34)27-21/h2-9,12-13,32H,10-11,14-15H2,1H3,(H,27,34). The maximum Gasteiger partial charge on any atom is 0.248 e. The number of H-pyrrole nitrogens is 1. The summed E-state index contributed by atoms with van der Waals surface area (Å²) in [4.78, 5) is 31.5. The quantitative estimate of drug-likeness (QED) is 0.265. The third kappa shape index (κ3) is 4.72. The van der Waals surface area contributed by atoms with E-state index in [2.05, 4.69) is 15.3 Å². The second-order valence-corrected chi connectivity index (χ2v) is 8.26. The van der Waals surface area contributed by atoms with Crippen LogP contribution in [0.4, 0.5) is 0 Å². The van der Waals surface area contributed by atoms with Gasteiger partial charge in [-0.3, -0.25) is 9.59 Å². The van der Waals surface area contributed by atoms with Crippen LogP contribution in [-0.2, 0) is 11.3 Å². The number of fused-ring (bicyclic) bond motifs is 2. The molecule has 0 saturated carbocycles. The largest absolute Gasteiger partial charge is 0.394 e. The molecule has 9 heteroatoms. The van der Waals surface area contributed by atoms with Crippen molar-refractivity contribution in [1.29, 1.82) is 0 Å². The molecule has 0 spiro atoms. The Morgan fingerprint density at radius 3 is 2.80 bits per heavy atom. The van der Waals surface area contributed by atoms with Gasteiger partial charge in [0.05, 0.1) is 25.5 Å². The number of aromatic amines is 1. The summed E-state index contributed by atoms with van der Waals surface area (Å²) in [5.41, 5.74) is 6.01. The van der Waals surface area contributed by atoms with E-state index >= 15 is 0 Å². The van der Waals surface area contributed by atoms with Gasteiger partial charge in [0.15, 0.2) is 11.4 Å². The van der Waals surface area contributed by atoms with Crippen molar-refractivity contribution in [2.24, 2.45) is 0 Å². The van der Waals surface area contributed by atoms with E-state index < -0.39 is 0 Å². The van der Waals surface area contributed by atoms with Crippen molar-refractivity contribution >= 4 is 27.9 Å². The Hall–Kier alpha value is -4.21. The van der Waals surface area contributed by atoms with Crippen LogP contribution in [0, 0.1) is 6.92 Å². The SMILES string of the molecule is Cc1cc(-c2ccc3nnn(Cc4ccc5[nH]c(=O)ccc5c4)c3n2)ccc1C(=O)COCCO. The molecular weight excluding hydrogens is 446 g/mol. The number of hydrogen-bond donors (Lipinski definition) is 2. The first kappa shape index (κ1) is 22.6. The summed E-state index contributed by atoms with van der Waals surface area (Å²) in [5.74, 6) is -0.132. The highest BCUT2D eigenvalue weighted by atomic mass is 16.5. The Kier molecular flexibility index (Phi) is 6.17. The Labute approximate surface area is 200 Å². The highest BCUT2D eigenvalue weighted by molar-refractivity contribution is 5.99. The van der Waals surface area contributed by atoms with Crippen LogP contribution in [0.1, 0.15) is 21.5 Å². The number of aryl methyl sites for hydroxylation is 1. The molecule has 176 valence electrons. The number of Topliss-reactive ketones (excluding diaryl/α,β-unsaturated/α-hetero) is 1. The predicted molar refractivity (Wildman–Crippen MR) is 131 cm³/mol. The molecule has 0 aliphatic rings. The molecule has 5 rings (SSSR count). The van der Waals surface area contributed by atoms with Crippen molar-refractivity contribution in [3.05, 3.63) is 87.7 Å². The maximum absolute atomic E-state index is 12.4. The van der Waals surface area contributed by atoms with E-state index in [9.17, 15) is 9.59 Å². The highest BCUT2D eigenvalue weighted by Gasteiger charge is 2.13. The zero-order chi connectivity index (χ0) is 24.4. The number of ether oxygens (including phenoxy) is 1. The minimum Gasteiger partial charge on any atom is -0.394 e. The molecule has 9 nitrogen and oxygen atoms in total. The minimum absolute atomic E-state index is 0.0688. The van der Waals surface area contributed by atoms with Crippen LogP contribution in [0.3, 0.4) is 0 Å². The molecule has 3 heterocycles. The Morgan fingerprint density at radius 1 is 1.09 bits per heavy atom. The van der Waals surface area contributed by atoms with E-state index in [-0.39, 0.29) is 31.2 Å². The van der Waals surface area contributed by atoms with Crippen molar-refractivity contribution in [2.45, 2.75) is 13.5 Å². The zero-order valence-electron chi connectivity index (χ0n) is 19.1. The fourth-order valence-corrected chi connectivity index (χ4v) is 4.04. The molecule has 0 radical (unpaired) electrons. The average molecular weight is 470 g/mol. The number of pyridine rings is 2. The summed E-state index contributed by atoms with van der Waals surface area (Å²) in [7, 11) is 0. The number of nitrogens with one attached hydrogen (secondary N) is 1. The number of aromatic nitrogens is 5. The van der Waals surface area contributed by atoms with Gasteiger partial charge in [-0.2, -0.15) is 0 Å². The molecule has 3 aromatic heterocycles. The molecular formula is C26H23N5O4. The monoisotopic (exact) mass is 469 g/mol. The number of carbonyl (C=O) groups excluding carboxylic acids is 1. The number of carbonyl (C=O) groups is 1. The van der Waals surface area contributed by atoms with Crippen molar-refractivity contribution in [1.82, 2.24) is 25.0 Å². The summed E-state index contributed by atoms with van der Waals surface area (Å²) in [6, 6.07) is 18.4. The van der Waals surface area contributed by atoms with Crippen LogP contribution < -0.4 is 5.56 Å². The van der Waals surface area contributed by atoms with Crippen LogP contribution in [-0.4, -0.2) is 55.7 Å². The topological polar surface area (TPSA) is 123 Å². The molecule has 35 heavy (non-hydrogen) atoms. The molecule has 0 aliphatic carbocycles. The van der Waals surface area contributed by atoms with Crippen LogP contribution in [0.15, 0.2) is 65.5 Å². The van der Waals surface area contributed by atoms with Gasteiger partial charge >= 0.3 is 0 Å².